The van der Waals surface area contributed by atoms with Gasteiger partial charge in [-0.3, -0.25) is 14.4 Å². The molecule has 0 aromatic heterocycles. The quantitative estimate of drug-likeness (QED) is 0.0261. The maximum atomic E-state index is 12.9. The highest BCUT2D eigenvalue weighted by atomic mass is 16.6. The van der Waals surface area contributed by atoms with Gasteiger partial charge in [0.25, 0.3) is 0 Å². The molecular weight excluding hydrogens is 985 g/mol. The van der Waals surface area contributed by atoms with E-state index in [9.17, 15) is 14.4 Å². The molecule has 0 fully saturated rings. The van der Waals surface area contributed by atoms with Crippen LogP contribution in [0.1, 0.15) is 310 Å². The summed E-state index contributed by atoms with van der Waals surface area (Å²) in [4.78, 5) is 38.4. The van der Waals surface area contributed by atoms with E-state index in [1.807, 2.05) is 0 Å². The Morgan fingerprint density at radius 2 is 0.487 bits per heavy atom. The van der Waals surface area contributed by atoms with Crippen molar-refractivity contribution in [1.82, 2.24) is 0 Å². The summed E-state index contributed by atoms with van der Waals surface area (Å²) in [6.45, 7) is 6.42. The van der Waals surface area contributed by atoms with Crippen LogP contribution in [-0.2, 0) is 28.6 Å². The fraction of sp³-hybridized carbons (Fsp3) is 0.689. The second-order valence-corrected chi connectivity index (χ2v) is 22.0. The third-order valence-electron chi connectivity index (χ3n) is 14.2. The molecule has 0 rings (SSSR count). The summed E-state index contributed by atoms with van der Waals surface area (Å²) in [5, 5.41) is 0. The van der Waals surface area contributed by atoms with Crippen molar-refractivity contribution < 1.29 is 28.6 Å². The molecule has 6 nitrogen and oxygen atoms in total. The average molecular weight is 1110 g/mol. The molecule has 0 aromatic rings. The van der Waals surface area contributed by atoms with Gasteiger partial charge in [0.15, 0.2) is 6.10 Å². The molecule has 0 aliphatic rings. The van der Waals surface area contributed by atoms with Crippen LogP contribution in [-0.4, -0.2) is 37.2 Å². The van der Waals surface area contributed by atoms with Crippen molar-refractivity contribution in [2.24, 2.45) is 0 Å². The van der Waals surface area contributed by atoms with Crippen molar-refractivity contribution in [3.63, 3.8) is 0 Å². The molecular formula is C74H124O6. The highest BCUT2D eigenvalue weighted by Crippen LogP contribution is 2.16. The van der Waals surface area contributed by atoms with Crippen LogP contribution in [0.25, 0.3) is 0 Å². The van der Waals surface area contributed by atoms with E-state index >= 15 is 0 Å². The highest BCUT2D eigenvalue weighted by Gasteiger charge is 2.19. The van der Waals surface area contributed by atoms with Crippen LogP contribution < -0.4 is 0 Å². The fourth-order valence-corrected chi connectivity index (χ4v) is 9.26. The van der Waals surface area contributed by atoms with Crippen LogP contribution in [0.15, 0.2) is 122 Å². The average Bonchev–Trinajstić information content (AvgIpc) is 3.46. The molecule has 1 atom stereocenters. The third-order valence-corrected chi connectivity index (χ3v) is 14.2. The summed E-state index contributed by atoms with van der Waals surface area (Å²) in [5.41, 5.74) is 0. The minimum absolute atomic E-state index is 0.0882. The van der Waals surface area contributed by atoms with Gasteiger partial charge < -0.3 is 14.2 Å². The maximum Gasteiger partial charge on any atom is 0.306 e. The van der Waals surface area contributed by atoms with Gasteiger partial charge in [0.05, 0.1) is 0 Å². The Bertz CT molecular complexity index is 1650. The van der Waals surface area contributed by atoms with E-state index in [2.05, 4.69) is 142 Å². The van der Waals surface area contributed by atoms with Crippen LogP contribution in [0, 0.1) is 0 Å². The molecule has 0 spiro atoms. The standard InChI is InChI=1S/C74H124O6/c1-4-7-10-13-16-19-22-25-28-31-32-33-34-35-36-37-38-39-40-41-42-44-46-49-52-55-58-61-64-67-73(76)79-70-71(69-78-72(75)66-63-60-57-54-51-48-45-30-27-24-21-18-15-12-9-6-3)80-74(77)68-65-62-59-56-53-50-47-43-29-26-23-20-17-14-11-8-5-2/h7-8,10-11,16-17,19-20,25-26,28-29,32-33,35-36,38-39,47,50,71H,4-6,9,12-15,18,21-24,27,30-31,34,37,40-46,48-49,51-70H2,1-3H3/b10-7-,11-8-,19-16-,20-17-,28-25-,29-26-,33-32-,36-35-,39-38-,50-47-. The van der Waals surface area contributed by atoms with Gasteiger partial charge in [0.2, 0.25) is 0 Å². The van der Waals surface area contributed by atoms with Gasteiger partial charge in [-0.1, -0.05) is 303 Å². The molecule has 0 heterocycles. The number of rotatable bonds is 60. The molecule has 6 heteroatoms. The summed E-state index contributed by atoms with van der Waals surface area (Å²) in [6.07, 6.45) is 93.5. The third kappa shape index (κ3) is 64.6. The fourth-order valence-electron chi connectivity index (χ4n) is 9.26. The lowest BCUT2D eigenvalue weighted by Gasteiger charge is -2.18. The number of unbranched alkanes of at least 4 members (excludes halogenated alkanes) is 29. The van der Waals surface area contributed by atoms with E-state index in [1.54, 1.807) is 0 Å². The summed E-state index contributed by atoms with van der Waals surface area (Å²) < 4.78 is 16.9. The molecule has 0 bridgehead atoms. The summed E-state index contributed by atoms with van der Waals surface area (Å²) in [5.74, 6) is -0.907. The lowest BCUT2D eigenvalue weighted by atomic mass is 10.0. The summed E-state index contributed by atoms with van der Waals surface area (Å²) in [6, 6.07) is 0. The smallest absolute Gasteiger partial charge is 0.306 e. The number of carbonyl (C=O) groups is 3. The number of allylic oxidation sites excluding steroid dienone is 20. The van der Waals surface area contributed by atoms with E-state index in [0.717, 1.165) is 135 Å². The minimum atomic E-state index is -0.795. The maximum absolute atomic E-state index is 12.9. The molecule has 1 unspecified atom stereocenters. The molecule has 0 radical (unpaired) electrons. The zero-order valence-corrected chi connectivity index (χ0v) is 52.3. The monoisotopic (exact) mass is 1110 g/mol. The molecule has 0 saturated heterocycles. The Kier molecular flexibility index (Phi) is 63.8. The Labute approximate surface area is 494 Å². The molecule has 0 amide bonds. The first-order valence-electron chi connectivity index (χ1n) is 33.5. The Morgan fingerprint density at radius 1 is 0.263 bits per heavy atom. The topological polar surface area (TPSA) is 78.9 Å². The first-order chi connectivity index (χ1) is 39.5. The van der Waals surface area contributed by atoms with Crippen LogP contribution in [0.4, 0.5) is 0 Å². The molecule has 0 aromatic carbocycles. The summed E-state index contributed by atoms with van der Waals surface area (Å²) in [7, 11) is 0. The van der Waals surface area contributed by atoms with Crippen molar-refractivity contribution >= 4 is 17.9 Å². The number of carbonyl (C=O) groups excluding carboxylic acids is 3. The highest BCUT2D eigenvalue weighted by molar-refractivity contribution is 5.71. The van der Waals surface area contributed by atoms with Crippen LogP contribution in [0.5, 0.6) is 0 Å². The lowest BCUT2D eigenvalue weighted by Crippen LogP contribution is -2.30. The Balaban J connectivity index is 4.35. The van der Waals surface area contributed by atoms with Gasteiger partial charge >= 0.3 is 17.9 Å². The molecule has 0 saturated carbocycles. The number of hydrogen-bond donors (Lipinski definition) is 0. The van der Waals surface area contributed by atoms with Gasteiger partial charge in [-0.05, 0) is 109 Å². The zero-order chi connectivity index (χ0) is 57.8. The van der Waals surface area contributed by atoms with Crippen LogP contribution in [0.3, 0.4) is 0 Å². The van der Waals surface area contributed by atoms with E-state index in [1.165, 1.54) is 135 Å². The molecule has 0 aliphatic carbocycles. The van der Waals surface area contributed by atoms with Crippen molar-refractivity contribution in [2.75, 3.05) is 13.2 Å². The normalized spacial score (nSPS) is 12.9. The van der Waals surface area contributed by atoms with Crippen LogP contribution >= 0.6 is 0 Å². The van der Waals surface area contributed by atoms with Gasteiger partial charge in [-0.15, -0.1) is 0 Å². The van der Waals surface area contributed by atoms with E-state index < -0.39 is 6.10 Å². The molecule has 0 N–H and O–H groups in total. The van der Waals surface area contributed by atoms with Crippen molar-refractivity contribution in [1.29, 1.82) is 0 Å². The van der Waals surface area contributed by atoms with Gasteiger partial charge in [-0.2, -0.15) is 0 Å². The summed E-state index contributed by atoms with van der Waals surface area (Å²) >= 11 is 0. The molecule has 0 aliphatic heterocycles. The van der Waals surface area contributed by atoms with Crippen LogP contribution in [0.2, 0.25) is 0 Å². The van der Waals surface area contributed by atoms with Crippen molar-refractivity contribution in [2.45, 2.75) is 316 Å². The molecule has 456 valence electrons. The number of ether oxygens (including phenoxy) is 3. The Morgan fingerprint density at radius 3 is 0.762 bits per heavy atom. The minimum Gasteiger partial charge on any atom is -0.462 e. The largest absolute Gasteiger partial charge is 0.462 e. The van der Waals surface area contributed by atoms with E-state index in [0.29, 0.717) is 19.3 Å². The lowest BCUT2D eigenvalue weighted by molar-refractivity contribution is -0.167. The second-order valence-electron chi connectivity index (χ2n) is 22.0. The predicted octanol–water partition coefficient (Wildman–Crippen LogP) is 23.2. The molecule has 80 heavy (non-hydrogen) atoms. The van der Waals surface area contributed by atoms with Gasteiger partial charge in [-0.25, -0.2) is 0 Å². The van der Waals surface area contributed by atoms with Gasteiger partial charge in [0.1, 0.15) is 13.2 Å². The van der Waals surface area contributed by atoms with E-state index in [4.69, 9.17) is 14.2 Å². The van der Waals surface area contributed by atoms with Crippen molar-refractivity contribution in [3.8, 4) is 0 Å². The first-order valence-corrected chi connectivity index (χ1v) is 33.5. The van der Waals surface area contributed by atoms with E-state index in [-0.39, 0.29) is 31.1 Å². The van der Waals surface area contributed by atoms with Gasteiger partial charge in [0, 0.05) is 19.3 Å². The number of esters is 3. The first kappa shape index (κ1) is 75.8. The second kappa shape index (κ2) is 67.3. The SMILES string of the molecule is CC/C=C\C/C=C\C/C=C\C/C=C\C/C=C\C/C=C\CCCCCCCCCCCCC(=O)OCC(COC(=O)CCCCCCCCCCCCCCCCCC)OC(=O)CCCCCC/C=C\C/C=C\C/C=C\C/C=C\CC. The predicted molar refractivity (Wildman–Crippen MR) is 348 cm³/mol. The number of hydrogen-bond acceptors (Lipinski definition) is 6. The zero-order valence-electron chi connectivity index (χ0n) is 52.3. The Hall–Kier alpha value is -4.19. The van der Waals surface area contributed by atoms with Crippen molar-refractivity contribution in [3.05, 3.63) is 122 Å².